The van der Waals surface area contributed by atoms with Crippen molar-refractivity contribution in [3.05, 3.63) is 35.6 Å². The van der Waals surface area contributed by atoms with E-state index in [2.05, 4.69) is 18.7 Å². The van der Waals surface area contributed by atoms with Crippen LogP contribution < -0.4 is 5.73 Å². The molecular formula is C12H19FN2. The predicted molar refractivity (Wildman–Crippen MR) is 61.1 cm³/mol. The van der Waals surface area contributed by atoms with Crippen molar-refractivity contribution < 1.29 is 4.39 Å². The first-order valence-corrected chi connectivity index (χ1v) is 5.22. The summed E-state index contributed by atoms with van der Waals surface area (Å²) in [5, 5.41) is 0. The summed E-state index contributed by atoms with van der Waals surface area (Å²) in [6, 6.07) is 6.80. The molecule has 1 aromatic carbocycles. The summed E-state index contributed by atoms with van der Waals surface area (Å²) in [5.74, 6) is -0.219. The summed E-state index contributed by atoms with van der Waals surface area (Å²) in [7, 11) is 2.04. The molecule has 0 amide bonds. The molecule has 2 nitrogen and oxygen atoms in total. The minimum Gasteiger partial charge on any atom is -0.323 e. The van der Waals surface area contributed by atoms with Gasteiger partial charge in [-0.15, -0.1) is 0 Å². The molecule has 1 aromatic rings. The minimum absolute atomic E-state index is 0.0574. The highest BCUT2D eigenvalue weighted by Gasteiger charge is 2.11. The summed E-state index contributed by atoms with van der Waals surface area (Å²) < 4.78 is 12.7. The van der Waals surface area contributed by atoms with Crippen molar-refractivity contribution in [3.63, 3.8) is 0 Å². The Morgan fingerprint density at radius 3 is 2.27 bits per heavy atom. The molecule has 1 atom stereocenters. The summed E-state index contributed by atoms with van der Waals surface area (Å²) in [6.45, 7) is 5.03. The lowest BCUT2D eigenvalue weighted by Gasteiger charge is -2.24. The molecule has 0 saturated carbocycles. The second-order valence-electron chi connectivity index (χ2n) is 4.19. The molecule has 2 N–H and O–H groups in total. The Morgan fingerprint density at radius 1 is 1.27 bits per heavy atom. The van der Waals surface area contributed by atoms with E-state index in [1.54, 1.807) is 12.1 Å². The van der Waals surface area contributed by atoms with Crippen molar-refractivity contribution in [2.45, 2.75) is 25.9 Å². The summed E-state index contributed by atoms with van der Waals surface area (Å²) in [6.07, 6.45) is 0. The van der Waals surface area contributed by atoms with Crippen molar-refractivity contribution >= 4 is 0 Å². The third kappa shape index (κ3) is 3.61. The summed E-state index contributed by atoms with van der Waals surface area (Å²) in [5.41, 5.74) is 7.00. The molecule has 0 aromatic heterocycles. The monoisotopic (exact) mass is 210 g/mol. The predicted octanol–water partition coefficient (Wildman–Crippen LogP) is 2.17. The first kappa shape index (κ1) is 12.1. The molecule has 0 aliphatic carbocycles. The Bertz CT molecular complexity index is 295. The smallest absolute Gasteiger partial charge is 0.123 e. The van der Waals surface area contributed by atoms with Gasteiger partial charge in [0, 0.05) is 18.6 Å². The van der Waals surface area contributed by atoms with Gasteiger partial charge in [0.25, 0.3) is 0 Å². The van der Waals surface area contributed by atoms with Gasteiger partial charge in [0.2, 0.25) is 0 Å². The minimum atomic E-state index is -0.219. The molecule has 3 heteroatoms. The van der Waals surface area contributed by atoms with Crippen LogP contribution in [0.3, 0.4) is 0 Å². The molecular weight excluding hydrogens is 191 g/mol. The molecule has 0 bridgehead atoms. The van der Waals surface area contributed by atoms with Crippen LogP contribution in [0.5, 0.6) is 0 Å². The number of likely N-dealkylation sites (N-methyl/N-ethyl adjacent to an activating group) is 1. The molecule has 1 rings (SSSR count). The number of rotatable bonds is 4. The van der Waals surface area contributed by atoms with Crippen molar-refractivity contribution in [1.82, 2.24) is 4.90 Å². The Hall–Kier alpha value is -0.930. The number of nitrogens with two attached hydrogens (primary N) is 1. The van der Waals surface area contributed by atoms with Crippen LogP contribution in [0, 0.1) is 5.82 Å². The maximum Gasteiger partial charge on any atom is 0.123 e. The maximum absolute atomic E-state index is 12.7. The second kappa shape index (κ2) is 5.24. The average Bonchev–Trinajstić information content (AvgIpc) is 2.18. The Morgan fingerprint density at radius 2 is 1.80 bits per heavy atom. The van der Waals surface area contributed by atoms with Crippen molar-refractivity contribution in [1.29, 1.82) is 0 Å². The van der Waals surface area contributed by atoms with Crippen LogP contribution in [0.1, 0.15) is 25.5 Å². The van der Waals surface area contributed by atoms with Gasteiger partial charge in [-0.1, -0.05) is 12.1 Å². The van der Waals surface area contributed by atoms with Crippen molar-refractivity contribution in [2.75, 3.05) is 13.6 Å². The quantitative estimate of drug-likeness (QED) is 0.825. The van der Waals surface area contributed by atoms with E-state index >= 15 is 0 Å². The zero-order valence-corrected chi connectivity index (χ0v) is 9.57. The van der Waals surface area contributed by atoms with Crippen LogP contribution in [0.2, 0.25) is 0 Å². The molecule has 0 radical (unpaired) electrons. The van der Waals surface area contributed by atoms with E-state index in [0.717, 1.165) is 12.1 Å². The van der Waals surface area contributed by atoms with E-state index in [-0.39, 0.29) is 11.9 Å². The molecule has 0 spiro atoms. The van der Waals surface area contributed by atoms with E-state index in [4.69, 9.17) is 5.73 Å². The highest BCUT2D eigenvalue weighted by molar-refractivity contribution is 5.19. The van der Waals surface area contributed by atoms with Gasteiger partial charge >= 0.3 is 0 Å². The van der Waals surface area contributed by atoms with Gasteiger partial charge in [-0.05, 0) is 38.6 Å². The van der Waals surface area contributed by atoms with Crippen LogP contribution in [0.25, 0.3) is 0 Å². The van der Waals surface area contributed by atoms with Crippen LogP contribution in [0.4, 0.5) is 4.39 Å². The lowest BCUT2D eigenvalue weighted by molar-refractivity contribution is 0.257. The third-order valence-electron chi connectivity index (χ3n) is 2.66. The molecule has 84 valence electrons. The maximum atomic E-state index is 12.7. The van der Waals surface area contributed by atoms with Crippen molar-refractivity contribution in [2.24, 2.45) is 5.73 Å². The first-order chi connectivity index (χ1) is 7.00. The number of nitrogens with zero attached hydrogens (tertiary/aromatic N) is 1. The van der Waals surface area contributed by atoms with E-state index in [0.29, 0.717) is 6.04 Å². The van der Waals surface area contributed by atoms with Gasteiger partial charge in [-0.25, -0.2) is 4.39 Å². The van der Waals surface area contributed by atoms with Gasteiger partial charge in [0.15, 0.2) is 0 Å². The highest BCUT2D eigenvalue weighted by Crippen LogP contribution is 2.12. The lowest BCUT2D eigenvalue weighted by Crippen LogP contribution is -2.33. The Labute approximate surface area is 90.9 Å². The standard InChI is InChI=1S/C12H19FN2/c1-9(2)15(3)8-12(14)10-4-6-11(13)7-5-10/h4-7,9,12H,8,14H2,1-3H3. The molecule has 0 heterocycles. The summed E-state index contributed by atoms with van der Waals surface area (Å²) in [4.78, 5) is 2.17. The molecule has 0 aliphatic heterocycles. The van der Waals surface area contributed by atoms with Crippen LogP contribution in [-0.2, 0) is 0 Å². The fraction of sp³-hybridized carbons (Fsp3) is 0.500. The van der Waals surface area contributed by atoms with E-state index in [1.807, 2.05) is 7.05 Å². The fourth-order valence-electron chi connectivity index (χ4n) is 1.34. The third-order valence-corrected chi connectivity index (χ3v) is 2.66. The Balaban J connectivity index is 2.61. The lowest BCUT2D eigenvalue weighted by atomic mass is 10.1. The largest absolute Gasteiger partial charge is 0.323 e. The van der Waals surface area contributed by atoms with Gasteiger partial charge in [0.1, 0.15) is 5.82 Å². The molecule has 0 saturated heterocycles. The normalized spacial score (nSPS) is 13.5. The van der Waals surface area contributed by atoms with Crippen LogP contribution >= 0.6 is 0 Å². The second-order valence-corrected chi connectivity index (χ2v) is 4.19. The van der Waals surface area contributed by atoms with Gasteiger partial charge in [-0.3, -0.25) is 0 Å². The number of hydrogen-bond acceptors (Lipinski definition) is 2. The number of hydrogen-bond donors (Lipinski definition) is 1. The zero-order chi connectivity index (χ0) is 11.4. The van der Waals surface area contributed by atoms with Crippen LogP contribution in [0.15, 0.2) is 24.3 Å². The van der Waals surface area contributed by atoms with Crippen molar-refractivity contribution in [3.8, 4) is 0 Å². The number of benzene rings is 1. The molecule has 0 fully saturated rings. The fourth-order valence-corrected chi connectivity index (χ4v) is 1.34. The van der Waals surface area contributed by atoms with Gasteiger partial charge in [0.05, 0.1) is 0 Å². The van der Waals surface area contributed by atoms with E-state index in [1.165, 1.54) is 12.1 Å². The molecule has 0 aliphatic rings. The molecule has 15 heavy (non-hydrogen) atoms. The zero-order valence-electron chi connectivity index (χ0n) is 9.57. The van der Waals surface area contributed by atoms with E-state index < -0.39 is 0 Å². The highest BCUT2D eigenvalue weighted by atomic mass is 19.1. The van der Waals surface area contributed by atoms with Gasteiger partial charge in [-0.2, -0.15) is 0 Å². The first-order valence-electron chi connectivity index (χ1n) is 5.22. The Kier molecular flexibility index (Phi) is 4.24. The molecule has 1 unspecified atom stereocenters. The SMILES string of the molecule is CC(C)N(C)CC(N)c1ccc(F)cc1. The van der Waals surface area contributed by atoms with Gasteiger partial charge < -0.3 is 10.6 Å². The van der Waals surface area contributed by atoms with E-state index in [9.17, 15) is 4.39 Å². The topological polar surface area (TPSA) is 29.3 Å². The number of halogens is 1. The summed E-state index contributed by atoms with van der Waals surface area (Å²) >= 11 is 0. The van der Waals surface area contributed by atoms with Crippen LogP contribution in [-0.4, -0.2) is 24.5 Å². The average molecular weight is 210 g/mol.